The first kappa shape index (κ1) is 16.8. The first-order valence-corrected chi connectivity index (χ1v) is 7.55. The highest BCUT2D eigenvalue weighted by Gasteiger charge is 2.10. The predicted octanol–water partition coefficient (Wildman–Crippen LogP) is 3.23. The van der Waals surface area contributed by atoms with Crippen molar-refractivity contribution in [3.63, 3.8) is 0 Å². The zero-order chi connectivity index (χ0) is 16.8. The summed E-state index contributed by atoms with van der Waals surface area (Å²) in [6, 6.07) is 11.9. The Bertz CT molecular complexity index is 732. The second-order valence-electron chi connectivity index (χ2n) is 4.89. The highest BCUT2D eigenvalue weighted by Crippen LogP contribution is 2.23. The average Bonchev–Trinajstić information content (AvgIpc) is 2.51. The molecule has 0 bridgehead atoms. The van der Waals surface area contributed by atoms with Crippen molar-refractivity contribution in [1.29, 1.82) is 0 Å². The Hall–Kier alpha value is -2.60. The molecule has 0 fully saturated rings. The average molecular weight is 330 g/mol. The Morgan fingerprint density at radius 2 is 2.04 bits per heavy atom. The van der Waals surface area contributed by atoms with Crippen LogP contribution in [-0.4, -0.2) is 22.7 Å². The number of aromatic hydroxyl groups is 1. The van der Waals surface area contributed by atoms with Gasteiger partial charge < -0.3 is 15.2 Å². The van der Waals surface area contributed by atoms with Crippen LogP contribution >= 0.6 is 12.2 Å². The number of phenols is 1. The molecule has 0 saturated carbocycles. The van der Waals surface area contributed by atoms with E-state index in [1.54, 1.807) is 42.5 Å². The monoisotopic (exact) mass is 330 g/mol. The Labute approximate surface area is 140 Å². The van der Waals surface area contributed by atoms with Gasteiger partial charge >= 0.3 is 0 Å². The molecule has 0 saturated heterocycles. The number of carbonyl (C=O) groups excluding carboxylic acids is 1. The third kappa shape index (κ3) is 4.69. The fraction of sp³-hybridized carbons (Fsp3) is 0.176. The van der Waals surface area contributed by atoms with Crippen molar-refractivity contribution in [1.82, 2.24) is 5.32 Å². The van der Waals surface area contributed by atoms with E-state index in [-0.39, 0.29) is 16.8 Å². The highest BCUT2D eigenvalue weighted by atomic mass is 32.1. The van der Waals surface area contributed by atoms with Crippen molar-refractivity contribution in [3.8, 4) is 11.5 Å². The number of amides is 1. The van der Waals surface area contributed by atoms with Gasteiger partial charge in [-0.25, -0.2) is 0 Å². The molecule has 1 amide bonds. The summed E-state index contributed by atoms with van der Waals surface area (Å²) in [6.45, 7) is 4.29. The second kappa shape index (κ2) is 7.60. The summed E-state index contributed by atoms with van der Waals surface area (Å²) in [6.07, 6.45) is 0. The second-order valence-corrected chi connectivity index (χ2v) is 5.30. The summed E-state index contributed by atoms with van der Waals surface area (Å²) in [5.74, 6) is 0.331. The minimum absolute atomic E-state index is 0.0607. The lowest BCUT2D eigenvalue weighted by Gasteiger charge is -2.12. The zero-order valence-electron chi connectivity index (χ0n) is 12.9. The van der Waals surface area contributed by atoms with Crippen LogP contribution in [0.2, 0.25) is 0 Å². The maximum atomic E-state index is 12.2. The molecule has 5 nitrogen and oxygen atoms in total. The number of carbonyl (C=O) groups is 1. The Morgan fingerprint density at radius 1 is 1.26 bits per heavy atom. The summed E-state index contributed by atoms with van der Waals surface area (Å²) in [5.41, 5.74) is 1.84. The Balaban J connectivity index is 2.03. The van der Waals surface area contributed by atoms with Gasteiger partial charge in [0.05, 0.1) is 12.3 Å². The molecule has 0 atom stereocenters. The molecular weight excluding hydrogens is 312 g/mol. The molecule has 2 aromatic rings. The lowest BCUT2D eigenvalue weighted by atomic mass is 10.2. The first-order chi connectivity index (χ1) is 11.0. The van der Waals surface area contributed by atoms with Gasteiger partial charge in [0.15, 0.2) is 5.11 Å². The summed E-state index contributed by atoms with van der Waals surface area (Å²) >= 11 is 5.11. The molecule has 2 rings (SSSR count). The Kier molecular flexibility index (Phi) is 5.54. The number of anilines is 1. The topological polar surface area (TPSA) is 70.6 Å². The molecule has 0 aliphatic carbocycles. The lowest BCUT2D eigenvalue weighted by Crippen LogP contribution is -2.34. The number of rotatable bonds is 4. The van der Waals surface area contributed by atoms with Gasteiger partial charge in [0, 0.05) is 5.56 Å². The van der Waals surface area contributed by atoms with E-state index >= 15 is 0 Å². The van der Waals surface area contributed by atoms with E-state index in [2.05, 4.69) is 10.6 Å². The van der Waals surface area contributed by atoms with Crippen molar-refractivity contribution >= 4 is 28.9 Å². The van der Waals surface area contributed by atoms with Crippen LogP contribution in [0.25, 0.3) is 0 Å². The van der Waals surface area contributed by atoms with E-state index < -0.39 is 0 Å². The van der Waals surface area contributed by atoms with E-state index in [4.69, 9.17) is 17.0 Å². The summed E-state index contributed by atoms with van der Waals surface area (Å²) in [5, 5.41) is 15.3. The lowest BCUT2D eigenvalue weighted by molar-refractivity contribution is 0.0977. The fourth-order valence-corrected chi connectivity index (χ4v) is 2.18. The maximum Gasteiger partial charge on any atom is 0.257 e. The van der Waals surface area contributed by atoms with Crippen molar-refractivity contribution in [2.45, 2.75) is 13.8 Å². The van der Waals surface area contributed by atoms with Crippen LogP contribution < -0.4 is 15.4 Å². The standard InChI is InChI=1S/C17H18N2O3S/c1-3-22-13-6-4-5-12(10-13)16(21)19-17(23)18-14-9-11(2)7-8-15(14)20/h4-10,20H,3H2,1-2H3,(H2,18,19,21,23). The van der Waals surface area contributed by atoms with Crippen LogP contribution in [0.1, 0.15) is 22.8 Å². The van der Waals surface area contributed by atoms with Crippen molar-refractivity contribution in [2.24, 2.45) is 0 Å². The third-order valence-electron chi connectivity index (χ3n) is 3.03. The third-order valence-corrected chi connectivity index (χ3v) is 3.24. The molecule has 23 heavy (non-hydrogen) atoms. The molecule has 0 aliphatic rings. The molecule has 0 aromatic heterocycles. The van der Waals surface area contributed by atoms with Crippen LogP contribution in [0.4, 0.5) is 5.69 Å². The molecular formula is C17H18N2O3S. The van der Waals surface area contributed by atoms with Gasteiger partial charge in [0.2, 0.25) is 0 Å². The van der Waals surface area contributed by atoms with Crippen LogP contribution in [0, 0.1) is 6.92 Å². The largest absolute Gasteiger partial charge is 0.506 e. The fourth-order valence-electron chi connectivity index (χ4n) is 1.97. The van der Waals surface area contributed by atoms with Crippen molar-refractivity contribution in [3.05, 3.63) is 53.6 Å². The maximum absolute atomic E-state index is 12.2. The molecule has 0 unspecified atom stereocenters. The molecule has 120 valence electrons. The van der Waals surface area contributed by atoms with Gasteiger partial charge in [0.25, 0.3) is 5.91 Å². The summed E-state index contributed by atoms with van der Waals surface area (Å²) in [7, 11) is 0. The van der Waals surface area contributed by atoms with Crippen molar-refractivity contribution in [2.75, 3.05) is 11.9 Å². The van der Waals surface area contributed by atoms with Crippen LogP contribution in [0.5, 0.6) is 11.5 Å². The molecule has 3 N–H and O–H groups in total. The number of nitrogens with one attached hydrogen (secondary N) is 2. The Morgan fingerprint density at radius 3 is 2.78 bits per heavy atom. The molecule has 0 heterocycles. The van der Waals surface area contributed by atoms with Crippen LogP contribution in [-0.2, 0) is 0 Å². The van der Waals surface area contributed by atoms with E-state index in [9.17, 15) is 9.90 Å². The smallest absolute Gasteiger partial charge is 0.257 e. The minimum atomic E-state index is -0.351. The number of ether oxygens (including phenoxy) is 1. The quantitative estimate of drug-likeness (QED) is 0.593. The zero-order valence-corrected chi connectivity index (χ0v) is 13.7. The van der Waals surface area contributed by atoms with Gasteiger partial charge in [0.1, 0.15) is 11.5 Å². The molecule has 0 spiro atoms. The molecule has 0 aliphatic heterocycles. The normalized spacial score (nSPS) is 10.0. The number of aryl methyl sites for hydroxylation is 1. The first-order valence-electron chi connectivity index (χ1n) is 7.14. The van der Waals surface area contributed by atoms with E-state index in [0.717, 1.165) is 5.56 Å². The van der Waals surface area contributed by atoms with Gasteiger partial charge in [-0.2, -0.15) is 0 Å². The number of benzene rings is 2. The van der Waals surface area contributed by atoms with E-state index in [0.29, 0.717) is 23.6 Å². The summed E-state index contributed by atoms with van der Waals surface area (Å²) in [4.78, 5) is 12.2. The van der Waals surface area contributed by atoms with Gasteiger partial charge in [-0.05, 0) is 62.0 Å². The number of thiocarbonyl (C=S) groups is 1. The SMILES string of the molecule is CCOc1cccc(C(=O)NC(=S)Nc2cc(C)ccc2O)c1. The summed E-state index contributed by atoms with van der Waals surface area (Å²) < 4.78 is 5.36. The van der Waals surface area contributed by atoms with Crippen LogP contribution in [0.15, 0.2) is 42.5 Å². The number of hydrogen-bond donors (Lipinski definition) is 3. The van der Waals surface area contributed by atoms with Crippen molar-refractivity contribution < 1.29 is 14.6 Å². The van der Waals surface area contributed by atoms with Crippen LogP contribution in [0.3, 0.4) is 0 Å². The molecule has 2 aromatic carbocycles. The van der Waals surface area contributed by atoms with Gasteiger partial charge in [-0.3, -0.25) is 10.1 Å². The van der Waals surface area contributed by atoms with E-state index in [1.807, 2.05) is 13.8 Å². The number of hydrogen-bond acceptors (Lipinski definition) is 4. The minimum Gasteiger partial charge on any atom is -0.506 e. The van der Waals surface area contributed by atoms with E-state index in [1.165, 1.54) is 0 Å². The van der Waals surface area contributed by atoms with Gasteiger partial charge in [-0.15, -0.1) is 0 Å². The number of phenolic OH excluding ortho intramolecular Hbond substituents is 1. The van der Waals surface area contributed by atoms with Gasteiger partial charge in [-0.1, -0.05) is 12.1 Å². The predicted molar refractivity (Wildman–Crippen MR) is 94.1 cm³/mol. The molecule has 0 radical (unpaired) electrons. The highest BCUT2D eigenvalue weighted by molar-refractivity contribution is 7.80. The molecule has 6 heteroatoms.